The maximum atomic E-state index is 12.5. The van der Waals surface area contributed by atoms with Crippen molar-refractivity contribution in [3.63, 3.8) is 0 Å². The largest absolute Gasteiger partial charge is 0.376 e. The van der Waals surface area contributed by atoms with Gasteiger partial charge in [-0.15, -0.1) is 0 Å². The third kappa shape index (κ3) is 5.31. The minimum atomic E-state index is -0.243. The Morgan fingerprint density at radius 3 is 2.77 bits per heavy atom. The third-order valence-corrected chi connectivity index (χ3v) is 4.35. The second-order valence-corrected chi connectivity index (χ2v) is 6.72. The molecule has 0 radical (unpaired) electrons. The fourth-order valence-electron chi connectivity index (χ4n) is 2.73. The van der Waals surface area contributed by atoms with Crippen LogP contribution in [0.1, 0.15) is 28.8 Å². The van der Waals surface area contributed by atoms with Gasteiger partial charge >= 0.3 is 0 Å². The van der Waals surface area contributed by atoms with Gasteiger partial charge in [0.1, 0.15) is 0 Å². The SMILES string of the molecule is Cc1cccc(NC(=NCC2CCCO2)NC(=O)c2ccc(Cl)cc2)c1. The second-order valence-electron chi connectivity index (χ2n) is 6.28. The smallest absolute Gasteiger partial charge is 0.257 e. The summed E-state index contributed by atoms with van der Waals surface area (Å²) < 4.78 is 5.61. The lowest BCUT2D eigenvalue weighted by molar-refractivity contribution is 0.0975. The van der Waals surface area contributed by atoms with Gasteiger partial charge in [0.2, 0.25) is 5.96 Å². The van der Waals surface area contributed by atoms with Crippen molar-refractivity contribution in [3.8, 4) is 0 Å². The average Bonchev–Trinajstić information content (AvgIpc) is 3.14. The van der Waals surface area contributed by atoms with Crippen LogP contribution in [0.15, 0.2) is 53.5 Å². The summed E-state index contributed by atoms with van der Waals surface area (Å²) in [4.78, 5) is 17.0. The molecule has 1 aliphatic rings. The molecule has 1 unspecified atom stereocenters. The van der Waals surface area contributed by atoms with Gasteiger partial charge < -0.3 is 10.1 Å². The highest BCUT2D eigenvalue weighted by molar-refractivity contribution is 6.30. The fraction of sp³-hybridized carbons (Fsp3) is 0.300. The van der Waals surface area contributed by atoms with E-state index in [1.807, 2.05) is 31.2 Å². The molecule has 2 aromatic rings. The van der Waals surface area contributed by atoms with Crippen molar-refractivity contribution in [2.24, 2.45) is 4.99 Å². The number of aliphatic imine (C=N–C) groups is 1. The molecule has 1 saturated heterocycles. The van der Waals surface area contributed by atoms with E-state index in [0.29, 0.717) is 23.1 Å². The Hall–Kier alpha value is -2.37. The molecule has 1 amide bonds. The first-order valence-electron chi connectivity index (χ1n) is 8.67. The van der Waals surface area contributed by atoms with Gasteiger partial charge in [-0.25, -0.2) is 4.99 Å². The van der Waals surface area contributed by atoms with Crippen LogP contribution in [-0.2, 0) is 4.74 Å². The number of nitrogens with zero attached hydrogens (tertiary/aromatic N) is 1. The molecular formula is C20H22ClN3O2. The average molecular weight is 372 g/mol. The van der Waals surface area contributed by atoms with Crippen LogP contribution in [0, 0.1) is 6.92 Å². The number of anilines is 1. The van der Waals surface area contributed by atoms with E-state index >= 15 is 0 Å². The van der Waals surface area contributed by atoms with E-state index < -0.39 is 0 Å². The quantitative estimate of drug-likeness (QED) is 0.630. The zero-order chi connectivity index (χ0) is 18.4. The molecule has 3 rings (SSSR count). The number of aryl methyl sites for hydroxylation is 1. The number of benzene rings is 2. The van der Waals surface area contributed by atoms with Gasteiger partial charge in [0.05, 0.1) is 12.6 Å². The summed E-state index contributed by atoms with van der Waals surface area (Å²) in [6.07, 6.45) is 2.15. The summed E-state index contributed by atoms with van der Waals surface area (Å²) in [5.74, 6) is 0.166. The number of rotatable bonds is 4. The van der Waals surface area contributed by atoms with Crippen LogP contribution in [-0.4, -0.2) is 31.1 Å². The Bertz CT molecular complexity index is 784. The molecule has 26 heavy (non-hydrogen) atoms. The van der Waals surface area contributed by atoms with Gasteiger partial charge in [0, 0.05) is 22.9 Å². The number of hydrogen-bond donors (Lipinski definition) is 2. The molecule has 1 heterocycles. The Balaban J connectivity index is 1.73. The molecule has 1 fully saturated rings. The predicted molar refractivity (Wildman–Crippen MR) is 105 cm³/mol. The minimum Gasteiger partial charge on any atom is -0.376 e. The first kappa shape index (κ1) is 18.4. The number of halogens is 1. The standard InChI is InChI=1S/C20H22ClN3O2/c1-14-4-2-5-17(12-14)23-20(22-13-18-6-3-11-26-18)24-19(25)15-7-9-16(21)10-8-15/h2,4-5,7-10,12,18H,3,6,11,13H2,1H3,(H2,22,23,24,25). The Morgan fingerprint density at radius 2 is 2.08 bits per heavy atom. The van der Waals surface area contributed by atoms with E-state index in [1.54, 1.807) is 24.3 Å². The van der Waals surface area contributed by atoms with Crippen molar-refractivity contribution >= 4 is 29.2 Å². The number of amides is 1. The van der Waals surface area contributed by atoms with Gasteiger partial charge in [0.25, 0.3) is 5.91 Å². The molecule has 1 atom stereocenters. The van der Waals surface area contributed by atoms with Crippen LogP contribution < -0.4 is 10.6 Å². The summed E-state index contributed by atoms with van der Waals surface area (Å²) in [6, 6.07) is 14.6. The molecule has 5 nitrogen and oxygen atoms in total. The van der Waals surface area contributed by atoms with E-state index in [1.165, 1.54) is 0 Å². The molecule has 2 N–H and O–H groups in total. The van der Waals surface area contributed by atoms with Crippen LogP contribution >= 0.6 is 11.6 Å². The van der Waals surface area contributed by atoms with E-state index in [2.05, 4.69) is 15.6 Å². The van der Waals surface area contributed by atoms with Gasteiger partial charge in [-0.2, -0.15) is 0 Å². The summed E-state index contributed by atoms with van der Waals surface area (Å²) in [6.45, 7) is 3.30. The maximum Gasteiger partial charge on any atom is 0.257 e. The highest BCUT2D eigenvalue weighted by Gasteiger charge is 2.16. The van der Waals surface area contributed by atoms with E-state index in [0.717, 1.165) is 30.7 Å². The molecule has 2 aromatic carbocycles. The first-order chi connectivity index (χ1) is 12.6. The van der Waals surface area contributed by atoms with Crippen LogP contribution in [0.25, 0.3) is 0 Å². The Morgan fingerprint density at radius 1 is 1.27 bits per heavy atom. The van der Waals surface area contributed by atoms with Crippen molar-refractivity contribution in [1.82, 2.24) is 5.32 Å². The number of carbonyl (C=O) groups excluding carboxylic acids is 1. The van der Waals surface area contributed by atoms with E-state index in [9.17, 15) is 4.79 Å². The Labute approximate surface area is 158 Å². The number of carbonyl (C=O) groups is 1. The van der Waals surface area contributed by atoms with Gasteiger partial charge in [-0.1, -0.05) is 23.7 Å². The maximum absolute atomic E-state index is 12.5. The lowest BCUT2D eigenvalue weighted by Gasteiger charge is -2.14. The van der Waals surface area contributed by atoms with Crippen molar-refractivity contribution in [2.45, 2.75) is 25.9 Å². The number of ether oxygens (including phenoxy) is 1. The summed E-state index contributed by atoms with van der Waals surface area (Å²) >= 11 is 5.88. The minimum absolute atomic E-state index is 0.108. The van der Waals surface area contributed by atoms with Crippen molar-refractivity contribution in [1.29, 1.82) is 0 Å². The van der Waals surface area contributed by atoms with Gasteiger partial charge in [-0.3, -0.25) is 10.1 Å². The zero-order valence-corrected chi connectivity index (χ0v) is 15.4. The second kappa shape index (κ2) is 8.83. The van der Waals surface area contributed by atoms with Crippen molar-refractivity contribution < 1.29 is 9.53 Å². The van der Waals surface area contributed by atoms with Gasteiger partial charge in [-0.05, 0) is 61.7 Å². The summed E-state index contributed by atoms with van der Waals surface area (Å²) in [5, 5.41) is 6.63. The molecule has 0 saturated carbocycles. The van der Waals surface area contributed by atoms with Crippen LogP contribution in [0.3, 0.4) is 0 Å². The number of nitrogens with one attached hydrogen (secondary N) is 2. The molecule has 136 valence electrons. The molecular weight excluding hydrogens is 350 g/mol. The van der Waals surface area contributed by atoms with Crippen LogP contribution in [0.4, 0.5) is 5.69 Å². The van der Waals surface area contributed by atoms with Crippen molar-refractivity contribution in [2.75, 3.05) is 18.5 Å². The topological polar surface area (TPSA) is 62.7 Å². The van der Waals surface area contributed by atoms with Crippen molar-refractivity contribution in [3.05, 3.63) is 64.7 Å². The molecule has 6 heteroatoms. The highest BCUT2D eigenvalue weighted by atomic mass is 35.5. The monoisotopic (exact) mass is 371 g/mol. The first-order valence-corrected chi connectivity index (χ1v) is 9.04. The normalized spacial score (nSPS) is 17.2. The summed E-state index contributed by atoms with van der Waals surface area (Å²) in [5.41, 5.74) is 2.51. The highest BCUT2D eigenvalue weighted by Crippen LogP contribution is 2.13. The van der Waals surface area contributed by atoms with E-state index in [4.69, 9.17) is 16.3 Å². The van der Waals surface area contributed by atoms with Crippen LogP contribution in [0.5, 0.6) is 0 Å². The third-order valence-electron chi connectivity index (χ3n) is 4.10. The molecule has 0 spiro atoms. The lowest BCUT2D eigenvalue weighted by atomic mass is 10.2. The molecule has 0 aromatic heterocycles. The van der Waals surface area contributed by atoms with E-state index in [-0.39, 0.29) is 12.0 Å². The number of hydrogen-bond acceptors (Lipinski definition) is 3. The lowest BCUT2D eigenvalue weighted by Crippen LogP contribution is -2.36. The number of guanidine groups is 1. The van der Waals surface area contributed by atoms with Crippen LogP contribution in [0.2, 0.25) is 5.02 Å². The molecule has 0 bridgehead atoms. The fourth-order valence-corrected chi connectivity index (χ4v) is 2.86. The Kier molecular flexibility index (Phi) is 6.26. The summed E-state index contributed by atoms with van der Waals surface area (Å²) in [7, 11) is 0. The molecule has 1 aliphatic heterocycles. The predicted octanol–water partition coefficient (Wildman–Crippen LogP) is 4.03. The zero-order valence-electron chi connectivity index (χ0n) is 14.7. The van der Waals surface area contributed by atoms with Gasteiger partial charge in [0.15, 0.2) is 0 Å². The molecule has 0 aliphatic carbocycles.